The minimum Gasteiger partial charge on any atom is -0.454 e. The van der Waals surface area contributed by atoms with Crippen LogP contribution in [-0.2, 0) is 19.5 Å². The Morgan fingerprint density at radius 1 is 1.08 bits per heavy atom. The molecular weight excluding hydrogens is 330 g/mol. The summed E-state index contributed by atoms with van der Waals surface area (Å²) in [4.78, 5) is 13.2. The zero-order chi connectivity index (χ0) is 17.3. The number of aryl methyl sites for hydroxylation is 2. The van der Waals surface area contributed by atoms with Gasteiger partial charge in [-0.2, -0.15) is 0 Å². The molecule has 0 fully saturated rings. The van der Waals surface area contributed by atoms with Crippen molar-refractivity contribution >= 4 is 29.7 Å². The Kier molecular flexibility index (Phi) is 2.93. The molecule has 0 aliphatic carbocycles. The lowest BCUT2D eigenvalue weighted by Crippen LogP contribution is -2.35. The number of hydrogen-bond acceptors (Lipinski definition) is 3. The van der Waals surface area contributed by atoms with E-state index in [-0.39, 0.29) is 12.4 Å². The second kappa shape index (κ2) is 4.88. The molecule has 2 aromatic carbocycles. The van der Waals surface area contributed by atoms with Crippen LogP contribution < -0.4 is 15.0 Å². The molecule has 0 spiro atoms. The van der Waals surface area contributed by atoms with Crippen molar-refractivity contribution < 1.29 is 9.47 Å². The van der Waals surface area contributed by atoms with Gasteiger partial charge in [0.25, 0.3) is 5.56 Å². The van der Waals surface area contributed by atoms with Crippen molar-refractivity contribution in [2.45, 2.75) is 31.6 Å². The fourth-order valence-electron chi connectivity index (χ4n) is 4.34. The van der Waals surface area contributed by atoms with Crippen LogP contribution in [0.15, 0.2) is 29.1 Å². The number of hydrogen-bond donors (Lipinski definition) is 0. The van der Waals surface area contributed by atoms with Gasteiger partial charge in [-0.3, -0.25) is 4.79 Å². The molecule has 25 heavy (non-hydrogen) atoms. The predicted octanol–water partition coefficient (Wildman–Crippen LogP) is 3.77. The molecule has 1 aromatic heterocycles. The Morgan fingerprint density at radius 2 is 1.84 bits per heavy atom. The van der Waals surface area contributed by atoms with Crippen LogP contribution in [-0.4, -0.2) is 19.4 Å². The van der Waals surface area contributed by atoms with Gasteiger partial charge in [0.2, 0.25) is 6.79 Å². The van der Waals surface area contributed by atoms with Gasteiger partial charge in [0.1, 0.15) is 0 Å². The third-order valence-corrected chi connectivity index (χ3v) is 8.71. The first-order chi connectivity index (χ1) is 11.9. The van der Waals surface area contributed by atoms with Gasteiger partial charge in [0.15, 0.2) is 11.5 Å². The molecule has 0 amide bonds. The highest BCUT2D eigenvalue weighted by Gasteiger charge is 2.30. The van der Waals surface area contributed by atoms with Crippen LogP contribution >= 0.6 is 0 Å². The quantitative estimate of drug-likeness (QED) is 0.457. The normalized spacial score (nSPS) is 17.9. The Hall–Kier alpha value is -2.27. The third-order valence-electron chi connectivity index (χ3n) is 5.80. The van der Waals surface area contributed by atoms with E-state index in [2.05, 4.69) is 25.2 Å². The van der Waals surface area contributed by atoms with Crippen molar-refractivity contribution in [3.05, 3.63) is 45.7 Å². The van der Waals surface area contributed by atoms with Crippen molar-refractivity contribution in [3.8, 4) is 11.5 Å². The van der Waals surface area contributed by atoms with Gasteiger partial charge in [-0.05, 0) is 35.0 Å². The minimum atomic E-state index is -1.28. The van der Waals surface area contributed by atoms with Gasteiger partial charge < -0.3 is 14.0 Å². The van der Waals surface area contributed by atoms with E-state index in [1.807, 2.05) is 19.2 Å². The standard InChI is InChI=1S/C20H21NO3Si/c1-21-16-9-18-17(23-11-24-18)8-14(16)13-5-4-12-6-7-25(2,3)10-15(12)19(13)20(21)22/h4-5,8-9H,6-7,10-11H2,1-3H3. The second-order valence-electron chi connectivity index (χ2n) is 8.05. The van der Waals surface area contributed by atoms with E-state index in [4.69, 9.17) is 9.47 Å². The molecule has 0 saturated carbocycles. The van der Waals surface area contributed by atoms with E-state index in [1.165, 1.54) is 17.2 Å². The Morgan fingerprint density at radius 3 is 2.64 bits per heavy atom. The summed E-state index contributed by atoms with van der Waals surface area (Å²) in [6.07, 6.45) is 1.10. The van der Waals surface area contributed by atoms with Gasteiger partial charge in [-0.15, -0.1) is 0 Å². The monoisotopic (exact) mass is 351 g/mol. The van der Waals surface area contributed by atoms with E-state index in [9.17, 15) is 4.79 Å². The molecule has 3 heterocycles. The molecule has 128 valence electrons. The number of benzene rings is 2. The third kappa shape index (κ3) is 2.08. The highest BCUT2D eigenvalue weighted by Crippen LogP contribution is 2.39. The van der Waals surface area contributed by atoms with Crippen LogP contribution in [0.1, 0.15) is 11.1 Å². The maximum Gasteiger partial charge on any atom is 0.258 e. The van der Waals surface area contributed by atoms with Crippen LogP contribution in [0.5, 0.6) is 11.5 Å². The van der Waals surface area contributed by atoms with Crippen LogP contribution in [0.3, 0.4) is 0 Å². The average Bonchev–Trinajstić information content (AvgIpc) is 3.04. The molecule has 2 aliphatic heterocycles. The van der Waals surface area contributed by atoms with Crippen LogP contribution in [0, 0.1) is 0 Å². The topological polar surface area (TPSA) is 40.5 Å². The van der Waals surface area contributed by atoms with Gasteiger partial charge in [-0.1, -0.05) is 31.3 Å². The summed E-state index contributed by atoms with van der Waals surface area (Å²) in [6.45, 7) is 5.10. The van der Waals surface area contributed by atoms with E-state index in [0.29, 0.717) is 5.75 Å². The Bertz CT molecular complexity index is 1110. The minimum absolute atomic E-state index is 0.102. The van der Waals surface area contributed by atoms with Crippen molar-refractivity contribution in [2.24, 2.45) is 7.05 Å². The molecule has 2 aliphatic rings. The van der Waals surface area contributed by atoms with Crippen molar-refractivity contribution in [2.75, 3.05) is 6.79 Å². The zero-order valence-electron chi connectivity index (χ0n) is 14.8. The summed E-state index contributed by atoms with van der Waals surface area (Å²) in [5.74, 6) is 1.48. The second-order valence-corrected chi connectivity index (χ2v) is 13.2. The van der Waals surface area contributed by atoms with E-state index in [0.717, 1.165) is 39.9 Å². The number of aromatic nitrogens is 1. The fourth-order valence-corrected chi connectivity index (χ4v) is 6.82. The van der Waals surface area contributed by atoms with Gasteiger partial charge >= 0.3 is 0 Å². The maximum atomic E-state index is 13.2. The predicted molar refractivity (Wildman–Crippen MR) is 103 cm³/mol. The summed E-state index contributed by atoms with van der Waals surface area (Å²) in [7, 11) is 0.582. The summed E-state index contributed by atoms with van der Waals surface area (Å²) >= 11 is 0. The lowest BCUT2D eigenvalue weighted by molar-refractivity contribution is 0.174. The number of rotatable bonds is 0. The average molecular weight is 351 g/mol. The molecule has 5 rings (SSSR count). The van der Waals surface area contributed by atoms with Crippen LogP contribution in [0.2, 0.25) is 19.1 Å². The number of fused-ring (bicyclic) bond motifs is 6. The van der Waals surface area contributed by atoms with Gasteiger partial charge in [0, 0.05) is 18.5 Å². The molecule has 0 unspecified atom stereocenters. The molecule has 4 nitrogen and oxygen atoms in total. The zero-order valence-corrected chi connectivity index (χ0v) is 15.8. The molecule has 0 radical (unpaired) electrons. The Balaban J connectivity index is 1.94. The maximum absolute atomic E-state index is 13.2. The van der Waals surface area contributed by atoms with E-state index < -0.39 is 8.07 Å². The first-order valence-electron chi connectivity index (χ1n) is 8.81. The number of pyridine rings is 1. The Labute approximate surface area is 147 Å². The molecule has 0 atom stereocenters. The fraction of sp³-hybridized carbons (Fsp3) is 0.350. The number of nitrogens with zero attached hydrogens (tertiary/aromatic N) is 1. The lowest BCUT2D eigenvalue weighted by Gasteiger charge is -2.30. The van der Waals surface area contributed by atoms with Crippen molar-refractivity contribution in [1.29, 1.82) is 0 Å². The first kappa shape index (κ1) is 15.0. The summed E-state index contributed by atoms with van der Waals surface area (Å²) in [5.41, 5.74) is 3.65. The highest BCUT2D eigenvalue weighted by molar-refractivity contribution is 6.77. The molecular formula is C20H21NO3Si. The molecule has 3 aromatic rings. The number of ether oxygens (including phenoxy) is 2. The largest absolute Gasteiger partial charge is 0.454 e. The first-order valence-corrected chi connectivity index (χ1v) is 12.2. The summed E-state index contributed by atoms with van der Waals surface area (Å²) in [5, 5.41) is 3.02. The molecule has 0 bridgehead atoms. The molecule has 0 saturated heterocycles. The highest BCUT2D eigenvalue weighted by atomic mass is 28.3. The molecule has 5 heteroatoms. The lowest BCUT2D eigenvalue weighted by atomic mass is 9.96. The summed E-state index contributed by atoms with van der Waals surface area (Å²) in [6, 6.07) is 10.7. The smallest absolute Gasteiger partial charge is 0.258 e. The van der Waals surface area contributed by atoms with Gasteiger partial charge in [-0.25, -0.2) is 0 Å². The van der Waals surface area contributed by atoms with Crippen molar-refractivity contribution in [1.82, 2.24) is 4.57 Å². The van der Waals surface area contributed by atoms with E-state index in [1.54, 1.807) is 4.57 Å². The van der Waals surface area contributed by atoms with Crippen molar-refractivity contribution in [3.63, 3.8) is 0 Å². The molecule has 0 N–H and O–H groups in total. The van der Waals surface area contributed by atoms with Gasteiger partial charge in [0.05, 0.1) is 19.0 Å². The van der Waals surface area contributed by atoms with Crippen LogP contribution in [0.4, 0.5) is 0 Å². The SMILES string of the molecule is Cn1c(=O)c2c3c(ccc2c2cc4c(cc21)OCO4)CC[Si](C)(C)C3. The van der Waals surface area contributed by atoms with E-state index >= 15 is 0 Å². The van der Waals surface area contributed by atoms with Crippen LogP contribution in [0.25, 0.3) is 21.7 Å². The summed E-state index contributed by atoms with van der Waals surface area (Å²) < 4.78 is 12.8.